The van der Waals surface area contributed by atoms with Crippen LogP contribution in [-0.2, 0) is 21.4 Å². The lowest BCUT2D eigenvalue weighted by Gasteiger charge is -2.30. The second kappa shape index (κ2) is 10.2. The van der Waals surface area contributed by atoms with Gasteiger partial charge in [-0.2, -0.15) is 4.31 Å². The number of hydrogen-bond acceptors (Lipinski definition) is 5. The van der Waals surface area contributed by atoms with Crippen LogP contribution in [0.4, 0.5) is 0 Å². The molecule has 3 rings (SSSR count). The van der Waals surface area contributed by atoms with E-state index in [0.29, 0.717) is 31.3 Å². The molecule has 1 amide bonds. The highest BCUT2D eigenvalue weighted by Gasteiger charge is 2.28. The molecule has 0 radical (unpaired) electrons. The van der Waals surface area contributed by atoms with Gasteiger partial charge in [-0.3, -0.25) is 4.79 Å². The van der Waals surface area contributed by atoms with Crippen molar-refractivity contribution in [2.75, 3.05) is 26.8 Å². The fourth-order valence-electron chi connectivity index (χ4n) is 3.34. The number of sulfonamides is 1. The van der Waals surface area contributed by atoms with Gasteiger partial charge in [0.2, 0.25) is 15.9 Å². The lowest BCUT2D eigenvalue weighted by atomic mass is 10.1. The molecule has 7 nitrogen and oxygen atoms in total. The summed E-state index contributed by atoms with van der Waals surface area (Å²) >= 11 is 0. The van der Waals surface area contributed by atoms with Gasteiger partial charge in [-0.05, 0) is 31.0 Å². The maximum Gasteiger partial charge on any atom is 0.243 e. The minimum atomic E-state index is -3.87. The number of amides is 1. The van der Waals surface area contributed by atoms with Gasteiger partial charge in [-0.15, -0.1) is 0 Å². The van der Waals surface area contributed by atoms with Crippen molar-refractivity contribution in [2.45, 2.75) is 44.2 Å². The van der Waals surface area contributed by atoms with Crippen LogP contribution in [-0.4, -0.2) is 56.4 Å². The summed E-state index contributed by atoms with van der Waals surface area (Å²) in [7, 11) is -2.44. The van der Waals surface area contributed by atoms with Crippen LogP contribution in [0.1, 0.15) is 32.3 Å². The quantitative estimate of drug-likeness (QED) is 0.622. The van der Waals surface area contributed by atoms with E-state index in [1.165, 1.54) is 19.2 Å². The van der Waals surface area contributed by atoms with Crippen molar-refractivity contribution >= 4 is 15.9 Å². The van der Waals surface area contributed by atoms with Gasteiger partial charge in [0.1, 0.15) is 0 Å². The Morgan fingerprint density at radius 1 is 1.06 bits per heavy atom. The second-order valence-electron chi connectivity index (χ2n) is 7.68. The molecular formula is C23H30N2O5S. The van der Waals surface area contributed by atoms with Crippen LogP contribution in [0.15, 0.2) is 53.4 Å². The van der Waals surface area contributed by atoms with Crippen molar-refractivity contribution in [2.24, 2.45) is 0 Å². The highest BCUT2D eigenvalue weighted by atomic mass is 32.2. The summed E-state index contributed by atoms with van der Waals surface area (Å²) in [6.07, 6.45) is 1.51. The number of carbonyl (C=O) groups excluding carboxylic acids is 1. The summed E-state index contributed by atoms with van der Waals surface area (Å²) in [5.41, 5.74) is 1.00. The van der Waals surface area contributed by atoms with Crippen LogP contribution < -0.4 is 9.47 Å². The zero-order chi connectivity index (χ0) is 22.4. The number of carbonyl (C=O) groups is 1. The molecule has 0 N–H and O–H groups in total. The molecule has 31 heavy (non-hydrogen) atoms. The molecule has 1 aliphatic heterocycles. The largest absolute Gasteiger partial charge is 0.490 e. The lowest BCUT2D eigenvalue weighted by Crippen LogP contribution is -2.44. The first kappa shape index (κ1) is 23.1. The summed E-state index contributed by atoms with van der Waals surface area (Å²) in [6, 6.07) is 14.2. The van der Waals surface area contributed by atoms with Crippen LogP contribution in [0, 0.1) is 0 Å². The Hall–Kier alpha value is -2.58. The molecule has 1 atom stereocenters. The molecule has 0 saturated carbocycles. The molecular weight excluding hydrogens is 416 g/mol. The first-order chi connectivity index (χ1) is 14.8. The molecule has 0 bridgehead atoms. The highest BCUT2D eigenvalue weighted by Crippen LogP contribution is 2.32. The summed E-state index contributed by atoms with van der Waals surface area (Å²) in [5, 5.41) is 0. The standard InChI is InChI=1S/C23H30N2O5S/c1-4-18(2)25(16-19-9-6-5-7-10-19)23(26)17-24(3)31(27,28)20-11-12-21-22(15-20)30-14-8-13-29-21/h5-7,9-12,15,18H,4,8,13-14,16-17H2,1-3H3. The number of fused-ring (bicyclic) bond motifs is 1. The van der Waals surface area contributed by atoms with E-state index < -0.39 is 10.0 Å². The van der Waals surface area contributed by atoms with Crippen LogP contribution in [0.3, 0.4) is 0 Å². The molecule has 8 heteroatoms. The molecule has 2 aromatic rings. The van der Waals surface area contributed by atoms with E-state index in [4.69, 9.17) is 9.47 Å². The summed E-state index contributed by atoms with van der Waals surface area (Å²) in [6.45, 7) is 5.17. The van der Waals surface area contributed by atoms with Crippen LogP contribution in [0.2, 0.25) is 0 Å². The maximum atomic E-state index is 13.1. The Morgan fingerprint density at radius 2 is 1.74 bits per heavy atom. The normalized spacial score (nSPS) is 14.7. The predicted molar refractivity (Wildman–Crippen MR) is 119 cm³/mol. The van der Waals surface area contributed by atoms with Gasteiger partial charge in [-0.1, -0.05) is 37.3 Å². The number of hydrogen-bond donors (Lipinski definition) is 0. The van der Waals surface area contributed by atoms with E-state index in [2.05, 4.69) is 0 Å². The van der Waals surface area contributed by atoms with E-state index in [9.17, 15) is 13.2 Å². The number of likely N-dealkylation sites (N-methyl/N-ethyl adjacent to an activating group) is 1. The molecule has 2 aromatic carbocycles. The van der Waals surface area contributed by atoms with Gasteiger partial charge in [0.25, 0.3) is 0 Å². The smallest absolute Gasteiger partial charge is 0.243 e. The van der Waals surface area contributed by atoms with Crippen molar-refractivity contribution in [3.05, 3.63) is 54.1 Å². The van der Waals surface area contributed by atoms with E-state index in [1.54, 1.807) is 11.0 Å². The minimum absolute atomic E-state index is 0.0122. The van der Waals surface area contributed by atoms with Gasteiger partial charge in [0.05, 0.1) is 24.7 Å². The number of rotatable bonds is 8. The highest BCUT2D eigenvalue weighted by molar-refractivity contribution is 7.89. The van der Waals surface area contributed by atoms with Gasteiger partial charge in [0, 0.05) is 32.1 Å². The van der Waals surface area contributed by atoms with E-state index in [-0.39, 0.29) is 23.4 Å². The third kappa shape index (κ3) is 5.57. The van der Waals surface area contributed by atoms with Gasteiger partial charge >= 0.3 is 0 Å². The van der Waals surface area contributed by atoms with Crippen LogP contribution >= 0.6 is 0 Å². The van der Waals surface area contributed by atoms with Crippen LogP contribution in [0.5, 0.6) is 11.5 Å². The summed E-state index contributed by atoms with van der Waals surface area (Å²) in [5.74, 6) is 0.697. The fourth-order valence-corrected chi connectivity index (χ4v) is 4.48. The molecule has 0 fully saturated rings. The number of nitrogens with zero attached hydrogens (tertiary/aromatic N) is 2. The third-order valence-corrected chi connectivity index (χ3v) is 7.22. The average Bonchev–Trinajstić information content (AvgIpc) is 3.02. The van der Waals surface area contributed by atoms with Crippen molar-refractivity contribution in [3.8, 4) is 11.5 Å². The topological polar surface area (TPSA) is 76.2 Å². The van der Waals surface area contributed by atoms with Crippen molar-refractivity contribution in [1.82, 2.24) is 9.21 Å². The Bertz CT molecular complexity index is 994. The zero-order valence-electron chi connectivity index (χ0n) is 18.3. The SMILES string of the molecule is CCC(C)N(Cc1ccccc1)C(=O)CN(C)S(=O)(=O)c1ccc2c(c1)OCCCO2. The second-order valence-corrected chi connectivity index (χ2v) is 9.73. The molecule has 168 valence electrons. The third-order valence-electron chi connectivity index (χ3n) is 5.42. The number of ether oxygens (including phenoxy) is 2. The first-order valence-corrected chi connectivity index (χ1v) is 12.0. The average molecular weight is 447 g/mol. The molecule has 1 heterocycles. The van der Waals surface area contributed by atoms with Crippen molar-refractivity contribution < 1.29 is 22.7 Å². The molecule has 0 spiro atoms. The van der Waals surface area contributed by atoms with Crippen molar-refractivity contribution in [3.63, 3.8) is 0 Å². The molecule has 1 unspecified atom stereocenters. The van der Waals surface area contributed by atoms with Gasteiger partial charge < -0.3 is 14.4 Å². The first-order valence-electron chi connectivity index (χ1n) is 10.5. The van der Waals surface area contributed by atoms with Gasteiger partial charge in [0.15, 0.2) is 11.5 Å². The fraction of sp³-hybridized carbons (Fsp3) is 0.435. The Morgan fingerprint density at radius 3 is 2.42 bits per heavy atom. The molecule has 0 aliphatic carbocycles. The van der Waals surface area contributed by atoms with Crippen LogP contribution in [0.25, 0.3) is 0 Å². The van der Waals surface area contributed by atoms with E-state index in [1.807, 2.05) is 44.2 Å². The zero-order valence-corrected chi connectivity index (χ0v) is 19.1. The van der Waals surface area contributed by atoms with E-state index >= 15 is 0 Å². The molecule has 1 aliphatic rings. The summed E-state index contributed by atoms with van der Waals surface area (Å²) < 4.78 is 38.5. The summed E-state index contributed by atoms with van der Waals surface area (Å²) in [4.78, 5) is 14.9. The van der Waals surface area contributed by atoms with Crippen molar-refractivity contribution in [1.29, 1.82) is 0 Å². The Kier molecular flexibility index (Phi) is 7.56. The molecule has 0 saturated heterocycles. The minimum Gasteiger partial charge on any atom is -0.490 e. The van der Waals surface area contributed by atoms with Gasteiger partial charge in [-0.25, -0.2) is 8.42 Å². The lowest BCUT2D eigenvalue weighted by molar-refractivity contribution is -0.134. The van der Waals surface area contributed by atoms with E-state index in [0.717, 1.165) is 22.7 Å². The Labute approximate surface area is 184 Å². The monoisotopic (exact) mass is 446 g/mol. The molecule has 0 aromatic heterocycles. The Balaban J connectivity index is 1.77. The number of benzene rings is 2. The predicted octanol–water partition coefficient (Wildman–Crippen LogP) is 3.30. The maximum absolute atomic E-state index is 13.1.